The van der Waals surface area contributed by atoms with Crippen LogP contribution in [0.2, 0.25) is 0 Å². The molecule has 0 bridgehead atoms. The SMILES string of the molecule is O=C(O)[C@@H]1CC=C[C@@H](NS(=O)(=O)c2cc3ccccc3o2)C1. The summed E-state index contributed by atoms with van der Waals surface area (Å²) in [6, 6.07) is 7.92. The fraction of sp³-hybridized carbons (Fsp3) is 0.267. The molecule has 0 saturated heterocycles. The van der Waals surface area contributed by atoms with Gasteiger partial charge in [0, 0.05) is 17.5 Å². The van der Waals surface area contributed by atoms with E-state index in [4.69, 9.17) is 9.52 Å². The molecule has 1 aliphatic rings. The minimum atomic E-state index is -3.83. The fourth-order valence-corrected chi connectivity index (χ4v) is 3.70. The van der Waals surface area contributed by atoms with E-state index in [0.717, 1.165) is 0 Å². The zero-order valence-corrected chi connectivity index (χ0v) is 12.4. The molecule has 3 rings (SSSR count). The summed E-state index contributed by atoms with van der Waals surface area (Å²) in [4.78, 5) is 11.0. The highest BCUT2D eigenvalue weighted by molar-refractivity contribution is 7.89. The maximum Gasteiger partial charge on any atom is 0.306 e. The molecule has 2 aromatic rings. The fourth-order valence-electron chi connectivity index (χ4n) is 2.52. The molecule has 0 fully saturated rings. The Hall–Kier alpha value is -2.12. The lowest BCUT2D eigenvalue weighted by atomic mass is 9.92. The Morgan fingerprint density at radius 3 is 2.82 bits per heavy atom. The molecule has 1 aromatic heterocycles. The third kappa shape index (κ3) is 2.90. The van der Waals surface area contributed by atoms with E-state index in [1.54, 1.807) is 36.4 Å². The van der Waals surface area contributed by atoms with Crippen LogP contribution in [0.15, 0.2) is 52.0 Å². The summed E-state index contributed by atoms with van der Waals surface area (Å²) >= 11 is 0. The number of hydrogen-bond acceptors (Lipinski definition) is 4. The number of carboxylic acid groups (broad SMARTS) is 1. The Balaban J connectivity index is 1.83. The Bertz CT molecular complexity index is 803. The van der Waals surface area contributed by atoms with Crippen LogP contribution in [0, 0.1) is 5.92 Å². The van der Waals surface area contributed by atoms with Crippen molar-refractivity contribution in [2.24, 2.45) is 5.92 Å². The van der Waals surface area contributed by atoms with Crippen LogP contribution in [0.1, 0.15) is 12.8 Å². The first-order valence-electron chi connectivity index (χ1n) is 6.86. The summed E-state index contributed by atoms with van der Waals surface area (Å²) in [6.07, 6.45) is 4.01. The second-order valence-corrected chi connectivity index (χ2v) is 6.91. The third-order valence-electron chi connectivity index (χ3n) is 3.65. The van der Waals surface area contributed by atoms with E-state index in [9.17, 15) is 13.2 Å². The number of hydrogen-bond donors (Lipinski definition) is 2. The molecule has 1 aliphatic carbocycles. The Morgan fingerprint density at radius 2 is 2.09 bits per heavy atom. The van der Waals surface area contributed by atoms with Gasteiger partial charge >= 0.3 is 5.97 Å². The van der Waals surface area contributed by atoms with Crippen molar-refractivity contribution in [3.8, 4) is 0 Å². The summed E-state index contributed by atoms with van der Waals surface area (Å²) in [7, 11) is -3.83. The van der Waals surface area contributed by atoms with Gasteiger partial charge in [0.1, 0.15) is 5.58 Å². The Kier molecular flexibility index (Phi) is 3.76. The number of carbonyl (C=O) groups is 1. The van der Waals surface area contributed by atoms with Crippen LogP contribution >= 0.6 is 0 Å². The molecule has 6 nitrogen and oxygen atoms in total. The van der Waals surface area contributed by atoms with Crippen molar-refractivity contribution in [1.29, 1.82) is 0 Å². The first kappa shape index (κ1) is 14.8. The lowest BCUT2D eigenvalue weighted by molar-refractivity contribution is -0.142. The maximum atomic E-state index is 12.4. The van der Waals surface area contributed by atoms with Crippen molar-refractivity contribution in [1.82, 2.24) is 4.72 Å². The van der Waals surface area contributed by atoms with Crippen LogP contribution in [0.3, 0.4) is 0 Å². The zero-order chi connectivity index (χ0) is 15.7. The van der Waals surface area contributed by atoms with Crippen molar-refractivity contribution >= 4 is 27.0 Å². The molecule has 0 amide bonds. The topological polar surface area (TPSA) is 96.6 Å². The van der Waals surface area contributed by atoms with Crippen molar-refractivity contribution in [3.05, 3.63) is 42.5 Å². The van der Waals surface area contributed by atoms with Gasteiger partial charge in [0.05, 0.1) is 5.92 Å². The number of furan rings is 1. The number of benzene rings is 1. The summed E-state index contributed by atoms with van der Waals surface area (Å²) < 4.78 is 32.6. The first-order valence-corrected chi connectivity index (χ1v) is 8.34. The molecule has 7 heteroatoms. The number of carboxylic acids is 1. The van der Waals surface area contributed by atoms with Gasteiger partial charge in [-0.2, -0.15) is 0 Å². The smallest absolute Gasteiger partial charge is 0.306 e. The van der Waals surface area contributed by atoms with Crippen LogP contribution in [-0.2, 0) is 14.8 Å². The van der Waals surface area contributed by atoms with Gasteiger partial charge in [-0.15, -0.1) is 0 Å². The predicted octanol–water partition coefficient (Wildman–Crippen LogP) is 2.13. The average molecular weight is 321 g/mol. The van der Waals surface area contributed by atoms with Crippen LogP contribution in [0.4, 0.5) is 0 Å². The Labute approximate surface area is 127 Å². The zero-order valence-electron chi connectivity index (χ0n) is 11.6. The van der Waals surface area contributed by atoms with Crippen LogP contribution < -0.4 is 4.72 Å². The van der Waals surface area contributed by atoms with Gasteiger partial charge < -0.3 is 9.52 Å². The minimum absolute atomic E-state index is 0.167. The van der Waals surface area contributed by atoms with E-state index < -0.39 is 28.0 Å². The van der Waals surface area contributed by atoms with Gasteiger partial charge in [0.15, 0.2) is 0 Å². The molecule has 2 N–H and O–H groups in total. The average Bonchev–Trinajstić information content (AvgIpc) is 2.92. The molecule has 1 aromatic carbocycles. The standard InChI is InChI=1S/C15H15NO5S/c17-15(18)11-5-3-6-12(8-11)16-22(19,20)14-9-10-4-1-2-7-13(10)21-14/h1-4,6-7,9,11-12,16H,5,8H2,(H,17,18)/t11-,12-/m1/s1. The number of sulfonamides is 1. The number of allylic oxidation sites excluding steroid dienone is 1. The monoisotopic (exact) mass is 321 g/mol. The van der Waals surface area contributed by atoms with Crippen molar-refractivity contribution in [2.75, 3.05) is 0 Å². The highest BCUT2D eigenvalue weighted by atomic mass is 32.2. The normalized spacial score (nSPS) is 22.0. The van der Waals surface area contributed by atoms with Crippen LogP contribution in [0.5, 0.6) is 0 Å². The summed E-state index contributed by atoms with van der Waals surface area (Å²) in [6.45, 7) is 0. The molecule has 22 heavy (non-hydrogen) atoms. The molecule has 2 atom stereocenters. The molecule has 0 unspecified atom stereocenters. The molecule has 116 valence electrons. The molecule has 0 spiro atoms. The molecular weight excluding hydrogens is 306 g/mol. The van der Waals surface area contributed by atoms with E-state index in [0.29, 0.717) is 17.4 Å². The van der Waals surface area contributed by atoms with Gasteiger partial charge in [0.25, 0.3) is 10.0 Å². The van der Waals surface area contributed by atoms with Crippen molar-refractivity contribution in [3.63, 3.8) is 0 Å². The van der Waals surface area contributed by atoms with Gasteiger partial charge in [-0.1, -0.05) is 30.4 Å². The molecule has 0 saturated carbocycles. The van der Waals surface area contributed by atoms with E-state index in [1.807, 2.05) is 0 Å². The Morgan fingerprint density at radius 1 is 1.32 bits per heavy atom. The summed E-state index contributed by atoms with van der Waals surface area (Å²) in [5.74, 6) is -1.49. The van der Waals surface area contributed by atoms with Gasteiger partial charge in [-0.05, 0) is 18.9 Å². The maximum absolute atomic E-state index is 12.4. The predicted molar refractivity (Wildman–Crippen MR) is 79.8 cm³/mol. The van der Waals surface area contributed by atoms with Crippen LogP contribution in [-0.4, -0.2) is 25.5 Å². The molecular formula is C15H15NO5S. The van der Waals surface area contributed by atoms with E-state index in [2.05, 4.69) is 4.72 Å². The highest BCUT2D eigenvalue weighted by Gasteiger charge is 2.28. The molecule has 0 radical (unpaired) electrons. The number of rotatable bonds is 4. The highest BCUT2D eigenvalue weighted by Crippen LogP contribution is 2.24. The third-order valence-corrected chi connectivity index (χ3v) is 4.99. The lowest BCUT2D eigenvalue weighted by Gasteiger charge is -2.22. The van der Waals surface area contributed by atoms with Gasteiger partial charge in [0.2, 0.25) is 5.09 Å². The second kappa shape index (κ2) is 5.58. The number of aliphatic carboxylic acids is 1. The minimum Gasteiger partial charge on any atom is -0.481 e. The molecule has 1 heterocycles. The van der Waals surface area contributed by atoms with E-state index >= 15 is 0 Å². The second-order valence-electron chi connectivity index (χ2n) is 5.27. The van der Waals surface area contributed by atoms with Crippen molar-refractivity contribution in [2.45, 2.75) is 24.0 Å². The largest absolute Gasteiger partial charge is 0.481 e. The van der Waals surface area contributed by atoms with Gasteiger partial charge in [-0.3, -0.25) is 4.79 Å². The lowest BCUT2D eigenvalue weighted by Crippen LogP contribution is -2.37. The number of para-hydroxylation sites is 1. The summed E-state index contributed by atoms with van der Waals surface area (Å²) in [5, 5.41) is 9.57. The molecule has 0 aliphatic heterocycles. The van der Waals surface area contributed by atoms with Gasteiger partial charge in [-0.25, -0.2) is 13.1 Å². The summed E-state index contributed by atoms with van der Waals surface area (Å²) in [5.41, 5.74) is 0.491. The van der Waals surface area contributed by atoms with E-state index in [-0.39, 0.29) is 11.5 Å². The van der Waals surface area contributed by atoms with Crippen molar-refractivity contribution < 1.29 is 22.7 Å². The quantitative estimate of drug-likeness (QED) is 0.841. The van der Waals surface area contributed by atoms with Crippen LogP contribution in [0.25, 0.3) is 11.0 Å². The van der Waals surface area contributed by atoms with E-state index in [1.165, 1.54) is 6.07 Å². The number of nitrogens with one attached hydrogen (secondary N) is 1. The first-order chi connectivity index (χ1) is 10.5. The number of fused-ring (bicyclic) bond motifs is 1.